The van der Waals surface area contributed by atoms with E-state index < -0.39 is 12.8 Å². The van der Waals surface area contributed by atoms with E-state index in [1.807, 2.05) is 5.38 Å². The number of allylic oxidation sites excluding steroid dienone is 1. The van der Waals surface area contributed by atoms with Gasteiger partial charge in [-0.1, -0.05) is 30.0 Å². The van der Waals surface area contributed by atoms with Gasteiger partial charge in [-0.05, 0) is 29.1 Å². The molecule has 4 nitrogen and oxygen atoms in total. The van der Waals surface area contributed by atoms with Gasteiger partial charge in [-0.25, -0.2) is 4.98 Å². The van der Waals surface area contributed by atoms with Crippen molar-refractivity contribution in [1.29, 1.82) is 0 Å². The minimum Gasteiger partial charge on any atom is -0.484 e. The van der Waals surface area contributed by atoms with Gasteiger partial charge >= 0.3 is 6.18 Å². The maximum absolute atomic E-state index is 12.6. The lowest BCUT2D eigenvalue weighted by molar-refractivity contribution is -0.153. The highest BCUT2D eigenvalue weighted by molar-refractivity contribution is 7.98. The van der Waals surface area contributed by atoms with Crippen LogP contribution in [0.15, 0.2) is 58.3 Å². The highest BCUT2D eigenvalue weighted by Gasteiger charge is 2.28. The van der Waals surface area contributed by atoms with Crippen molar-refractivity contribution in [2.45, 2.75) is 23.6 Å². The van der Waals surface area contributed by atoms with Crippen LogP contribution in [0.4, 0.5) is 13.2 Å². The molecule has 0 radical (unpaired) electrons. The topological polar surface area (TPSA) is 44.1 Å². The van der Waals surface area contributed by atoms with Crippen molar-refractivity contribution in [1.82, 2.24) is 9.55 Å². The van der Waals surface area contributed by atoms with Crippen LogP contribution in [0.1, 0.15) is 5.56 Å². The maximum atomic E-state index is 12.6. The van der Waals surface area contributed by atoms with E-state index in [-0.39, 0.29) is 11.3 Å². The van der Waals surface area contributed by atoms with Crippen LogP contribution in [-0.4, -0.2) is 22.3 Å². The summed E-state index contributed by atoms with van der Waals surface area (Å²) in [6.07, 6.45) is -2.73. The summed E-state index contributed by atoms with van der Waals surface area (Å²) in [6.45, 7) is 2.71. The molecule has 0 saturated carbocycles. The zero-order valence-corrected chi connectivity index (χ0v) is 15.7. The van der Waals surface area contributed by atoms with E-state index in [0.717, 1.165) is 5.56 Å². The molecule has 9 heteroatoms. The van der Waals surface area contributed by atoms with E-state index in [1.165, 1.54) is 35.2 Å². The van der Waals surface area contributed by atoms with Gasteiger partial charge in [-0.15, -0.1) is 17.9 Å². The summed E-state index contributed by atoms with van der Waals surface area (Å²) in [5.74, 6) is 0.669. The minimum atomic E-state index is -4.37. The van der Waals surface area contributed by atoms with Gasteiger partial charge in [0, 0.05) is 12.3 Å². The Morgan fingerprint density at radius 3 is 2.67 bits per heavy atom. The second-order valence-corrected chi connectivity index (χ2v) is 7.41. The Morgan fingerprint density at radius 1 is 1.26 bits per heavy atom. The van der Waals surface area contributed by atoms with Crippen molar-refractivity contribution in [3.05, 3.63) is 64.3 Å². The number of benzene rings is 1. The first-order valence-corrected chi connectivity index (χ1v) is 9.74. The lowest BCUT2D eigenvalue weighted by Crippen LogP contribution is -2.22. The van der Waals surface area contributed by atoms with Crippen molar-refractivity contribution in [2.75, 3.05) is 6.61 Å². The number of nitrogens with zero attached hydrogens (tertiary/aromatic N) is 2. The number of alkyl halides is 3. The maximum Gasteiger partial charge on any atom is 0.422 e. The number of hydrogen-bond acceptors (Lipinski definition) is 5. The summed E-state index contributed by atoms with van der Waals surface area (Å²) in [6, 6.07) is 8.13. The normalized spacial score (nSPS) is 11.7. The third-order valence-corrected chi connectivity index (χ3v) is 5.41. The van der Waals surface area contributed by atoms with Gasteiger partial charge in [0.2, 0.25) is 0 Å². The molecule has 27 heavy (non-hydrogen) atoms. The molecule has 0 spiro atoms. The molecule has 0 atom stereocenters. The van der Waals surface area contributed by atoms with Crippen LogP contribution in [0.25, 0.3) is 10.2 Å². The number of thioether (sulfide) groups is 1. The predicted molar refractivity (Wildman–Crippen MR) is 102 cm³/mol. The van der Waals surface area contributed by atoms with Crippen LogP contribution < -0.4 is 10.3 Å². The molecule has 2 aromatic heterocycles. The summed E-state index contributed by atoms with van der Waals surface area (Å²) in [4.78, 5) is 17.8. The zero-order chi connectivity index (χ0) is 19.4. The molecule has 0 aliphatic rings. The molecule has 2 heterocycles. The van der Waals surface area contributed by atoms with Crippen LogP contribution in [0.5, 0.6) is 5.75 Å². The Bertz CT molecular complexity index is 994. The first-order valence-electron chi connectivity index (χ1n) is 7.87. The van der Waals surface area contributed by atoms with Crippen molar-refractivity contribution in [3.63, 3.8) is 0 Å². The molecule has 3 rings (SSSR count). The molecule has 0 N–H and O–H groups in total. The number of halogens is 3. The second kappa shape index (κ2) is 8.18. The number of thiophene rings is 1. The Hall–Kier alpha value is -2.26. The lowest BCUT2D eigenvalue weighted by Gasteiger charge is -2.11. The molecule has 142 valence electrons. The first kappa shape index (κ1) is 19.5. The molecular weight excluding hydrogens is 397 g/mol. The van der Waals surface area contributed by atoms with E-state index in [0.29, 0.717) is 27.7 Å². The largest absolute Gasteiger partial charge is 0.484 e. The van der Waals surface area contributed by atoms with Gasteiger partial charge in [0.1, 0.15) is 10.6 Å². The summed E-state index contributed by atoms with van der Waals surface area (Å²) in [5.41, 5.74) is 0.768. The van der Waals surface area contributed by atoms with Crippen molar-refractivity contribution < 1.29 is 17.9 Å². The first-order chi connectivity index (χ1) is 12.9. The van der Waals surface area contributed by atoms with Gasteiger partial charge in [-0.2, -0.15) is 13.2 Å². The molecular formula is C18H15F3N2O2S2. The fraction of sp³-hybridized carbons (Fsp3) is 0.222. The summed E-state index contributed by atoms with van der Waals surface area (Å²) in [5, 5.41) is 2.98. The average molecular weight is 412 g/mol. The number of aromatic nitrogens is 2. The standard InChI is InChI=1S/C18H15F3N2O2S2/c1-2-8-23-16(24)14-7-9-26-15(14)22-17(23)27-10-12-3-5-13(6-4-12)25-11-18(19,20)21/h2-7,9H,1,8,10-11H2. The highest BCUT2D eigenvalue weighted by Crippen LogP contribution is 2.25. The van der Waals surface area contributed by atoms with E-state index in [9.17, 15) is 18.0 Å². The Morgan fingerprint density at radius 2 is 2.00 bits per heavy atom. The fourth-order valence-electron chi connectivity index (χ4n) is 2.33. The van der Waals surface area contributed by atoms with Crippen molar-refractivity contribution in [3.8, 4) is 5.75 Å². The van der Waals surface area contributed by atoms with Gasteiger partial charge in [0.15, 0.2) is 11.8 Å². The molecule has 0 unspecified atom stereocenters. The monoisotopic (exact) mass is 412 g/mol. The quantitative estimate of drug-likeness (QED) is 0.315. The van der Waals surface area contributed by atoms with Gasteiger partial charge in [0.05, 0.1) is 5.39 Å². The lowest BCUT2D eigenvalue weighted by atomic mass is 10.2. The van der Waals surface area contributed by atoms with Crippen LogP contribution in [0.2, 0.25) is 0 Å². The Balaban J connectivity index is 1.73. The van der Waals surface area contributed by atoms with E-state index in [4.69, 9.17) is 4.74 Å². The SMILES string of the molecule is C=CCn1c(SCc2ccc(OCC(F)(F)F)cc2)nc2sccc2c1=O. The number of rotatable bonds is 7. The summed E-state index contributed by atoms with van der Waals surface area (Å²) in [7, 11) is 0. The number of ether oxygens (including phenoxy) is 1. The van der Waals surface area contributed by atoms with Crippen LogP contribution in [0, 0.1) is 0 Å². The summed E-state index contributed by atoms with van der Waals surface area (Å²) >= 11 is 2.79. The highest BCUT2D eigenvalue weighted by atomic mass is 32.2. The second-order valence-electron chi connectivity index (χ2n) is 5.57. The van der Waals surface area contributed by atoms with Gasteiger partial charge < -0.3 is 4.74 Å². The molecule has 0 fully saturated rings. The molecule has 3 aromatic rings. The molecule has 0 bridgehead atoms. The van der Waals surface area contributed by atoms with Crippen LogP contribution in [0.3, 0.4) is 0 Å². The fourth-order valence-corrected chi connectivity index (χ4v) is 4.10. The molecule has 0 aliphatic carbocycles. The number of hydrogen-bond donors (Lipinski definition) is 0. The third-order valence-electron chi connectivity index (χ3n) is 3.55. The molecule has 1 aromatic carbocycles. The van der Waals surface area contributed by atoms with E-state index in [2.05, 4.69) is 11.6 Å². The average Bonchev–Trinajstić information content (AvgIpc) is 3.10. The third kappa shape index (κ3) is 4.92. The van der Waals surface area contributed by atoms with Crippen LogP contribution >= 0.6 is 23.1 Å². The number of fused-ring (bicyclic) bond motifs is 1. The van der Waals surface area contributed by atoms with E-state index in [1.54, 1.807) is 28.8 Å². The van der Waals surface area contributed by atoms with Gasteiger partial charge in [-0.3, -0.25) is 9.36 Å². The Kier molecular flexibility index (Phi) is 5.91. The van der Waals surface area contributed by atoms with Crippen molar-refractivity contribution >= 4 is 33.3 Å². The Labute approximate surface area is 161 Å². The van der Waals surface area contributed by atoms with E-state index >= 15 is 0 Å². The van der Waals surface area contributed by atoms with Crippen molar-refractivity contribution in [2.24, 2.45) is 0 Å². The molecule has 0 amide bonds. The minimum absolute atomic E-state index is 0.112. The van der Waals surface area contributed by atoms with Gasteiger partial charge in [0.25, 0.3) is 5.56 Å². The zero-order valence-electron chi connectivity index (χ0n) is 14.0. The smallest absolute Gasteiger partial charge is 0.422 e. The predicted octanol–water partition coefficient (Wildman–Crippen LogP) is 4.88. The summed E-state index contributed by atoms with van der Waals surface area (Å²) < 4.78 is 42.8. The molecule has 0 saturated heterocycles. The van der Waals surface area contributed by atoms with Crippen LogP contribution in [-0.2, 0) is 12.3 Å². The molecule has 0 aliphatic heterocycles.